The largest absolute Gasteiger partial charge is 0.482 e. The summed E-state index contributed by atoms with van der Waals surface area (Å²) in [5.74, 6) is 0.359. The molecule has 2 rings (SSSR count). The molecule has 20 heavy (non-hydrogen) atoms. The number of hydrogen-bond acceptors (Lipinski definition) is 4. The first-order valence-electron chi connectivity index (χ1n) is 6.65. The molecule has 0 radical (unpaired) electrons. The van der Waals surface area contributed by atoms with Crippen LogP contribution in [0.2, 0.25) is 0 Å². The van der Waals surface area contributed by atoms with Crippen LogP contribution in [-0.2, 0) is 9.53 Å². The van der Waals surface area contributed by atoms with E-state index in [0.717, 1.165) is 0 Å². The Morgan fingerprint density at radius 3 is 3.00 bits per heavy atom. The molecule has 5 heteroatoms. The monoisotopic (exact) mass is 274 g/mol. The van der Waals surface area contributed by atoms with Crippen LogP contribution in [-0.4, -0.2) is 42.7 Å². The Morgan fingerprint density at radius 1 is 1.50 bits per heavy atom. The van der Waals surface area contributed by atoms with Gasteiger partial charge in [-0.1, -0.05) is 12.1 Å². The van der Waals surface area contributed by atoms with E-state index >= 15 is 0 Å². The lowest BCUT2D eigenvalue weighted by atomic mass is 10.2. The number of nitrogens with zero attached hydrogens (tertiary/aromatic N) is 2. The summed E-state index contributed by atoms with van der Waals surface area (Å²) < 4.78 is 11.0. The second-order valence-electron chi connectivity index (χ2n) is 4.94. The molecule has 0 saturated carbocycles. The minimum atomic E-state index is -0.0830. The van der Waals surface area contributed by atoms with E-state index in [9.17, 15) is 4.79 Å². The summed E-state index contributed by atoms with van der Waals surface area (Å²) in [6.07, 6.45) is 0.0431. The zero-order valence-electron chi connectivity index (χ0n) is 11.7. The van der Waals surface area contributed by atoms with Crippen LogP contribution in [0.5, 0.6) is 5.75 Å². The number of ether oxygens (including phenoxy) is 2. The Labute approximate surface area is 118 Å². The van der Waals surface area contributed by atoms with Gasteiger partial charge in [0.1, 0.15) is 11.8 Å². The third-order valence-electron chi connectivity index (χ3n) is 3.29. The molecule has 2 unspecified atom stereocenters. The van der Waals surface area contributed by atoms with E-state index in [1.165, 1.54) is 0 Å². The number of hydrogen-bond donors (Lipinski definition) is 0. The molecule has 2 atom stereocenters. The smallest absolute Gasteiger partial charge is 0.260 e. The highest BCUT2D eigenvalue weighted by molar-refractivity contribution is 5.78. The Bertz CT molecular complexity index is 524. The van der Waals surface area contributed by atoms with E-state index in [1.54, 1.807) is 29.2 Å². The number of para-hydroxylation sites is 1. The van der Waals surface area contributed by atoms with E-state index in [4.69, 9.17) is 14.7 Å². The predicted octanol–water partition coefficient (Wildman–Crippen LogP) is 1.57. The molecule has 1 amide bonds. The van der Waals surface area contributed by atoms with Gasteiger partial charge >= 0.3 is 0 Å². The van der Waals surface area contributed by atoms with Crippen molar-refractivity contribution in [3.63, 3.8) is 0 Å². The fourth-order valence-electron chi connectivity index (χ4n) is 2.16. The molecule has 1 aromatic rings. The van der Waals surface area contributed by atoms with Crippen LogP contribution in [0.25, 0.3) is 0 Å². The highest BCUT2D eigenvalue weighted by atomic mass is 16.5. The fraction of sp³-hybridized carbons (Fsp3) is 0.467. The van der Waals surface area contributed by atoms with Gasteiger partial charge < -0.3 is 14.4 Å². The number of carbonyl (C=O) groups excluding carboxylic acids is 1. The van der Waals surface area contributed by atoms with Crippen molar-refractivity contribution in [1.82, 2.24) is 4.90 Å². The van der Waals surface area contributed by atoms with Crippen LogP contribution < -0.4 is 4.74 Å². The average molecular weight is 274 g/mol. The van der Waals surface area contributed by atoms with E-state index in [-0.39, 0.29) is 24.7 Å². The summed E-state index contributed by atoms with van der Waals surface area (Å²) in [4.78, 5) is 14.0. The molecule has 1 aliphatic rings. The molecule has 1 saturated heterocycles. The zero-order chi connectivity index (χ0) is 14.5. The third kappa shape index (κ3) is 3.28. The first kappa shape index (κ1) is 14.4. The lowest BCUT2D eigenvalue weighted by molar-refractivity contribution is -0.145. The maximum atomic E-state index is 12.2. The van der Waals surface area contributed by atoms with Crippen LogP contribution in [0.3, 0.4) is 0 Å². The number of amides is 1. The Kier molecular flexibility index (Phi) is 4.59. The summed E-state index contributed by atoms with van der Waals surface area (Å²) in [7, 11) is 0. The van der Waals surface area contributed by atoms with Crippen molar-refractivity contribution >= 4 is 5.91 Å². The van der Waals surface area contributed by atoms with Crippen LogP contribution >= 0.6 is 0 Å². The second-order valence-corrected chi connectivity index (χ2v) is 4.94. The van der Waals surface area contributed by atoms with Crippen molar-refractivity contribution in [2.75, 3.05) is 19.8 Å². The summed E-state index contributed by atoms with van der Waals surface area (Å²) in [5, 5.41) is 8.97. The maximum absolute atomic E-state index is 12.2. The number of nitriles is 1. The molecule has 1 aromatic carbocycles. The fourth-order valence-corrected chi connectivity index (χ4v) is 2.16. The highest BCUT2D eigenvalue weighted by Crippen LogP contribution is 2.17. The average Bonchev–Trinajstić information content (AvgIpc) is 2.47. The van der Waals surface area contributed by atoms with Crippen LogP contribution in [0.4, 0.5) is 0 Å². The van der Waals surface area contributed by atoms with Gasteiger partial charge in [-0.25, -0.2) is 0 Å². The minimum absolute atomic E-state index is 0.0431. The SMILES string of the molecule is CC1CN(C(=O)COc2ccccc2C#N)C(C)CO1. The standard InChI is InChI=1S/C15H18N2O3/c1-11-9-19-12(2)8-17(11)15(18)10-20-14-6-4-3-5-13(14)7-16/h3-6,11-12H,8-10H2,1-2H3. The number of carbonyl (C=O) groups is 1. The van der Waals surface area contributed by atoms with Crippen LogP contribution in [0.1, 0.15) is 19.4 Å². The molecule has 0 aliphatic carbocycles. The Morgan fingerprint density at radius 2 is 2.25 bits per heavy atom. The Hall–Kier alpha value is -2.06. The van der Waals surface area contributed by atoms with Gasteiger partial charge in [-0.2, -0.15) is 5.26 Å². The van der Waals surface area contributed by atoms with Gasteiger partial charge in [0, 0.05) is 6.54 Å². The first-order chi connectivity index (χ1) is 9.61. The van der Waals surface area contributed by atoms with Gasteiger partial charge in [-0.05, 0) is 26.0 Å². The first-order valence-corrected chi connectivity index (χ1v) is 6.65. The molecule has 0 aromatic heterocycles. The summed E-state index contributed by atoms with van der Waals surface area (Å²) >= 11 is 0. The van der Waals surface area contributed by atoms with Crippen LogP contribution in [0, 0.1) is 11.3 Å². The van der Waals surface area contributed by atoms with Crippen molar-refractivity contribution in [3.8, 4) is 11.8 Å². The van der Waals surface area contributed by atoms with Gasteiger partial charge in [-0.15, -0.1) is 0 Å². The molecular formula is C15H18N2O3. The van der Waals surface area contributed by atoms with E-state index < -0.39 is 0 Å². The highest BCUT2D eigenvalue weighted by Gasteiger charge is 2.27. The van der Waals surface area contributed by atoms with Crippen molar-refractivity contribution in [3.05, 3.63) is 29.8 Å². The van der Waals surface area contributed by atoms with E-state index in [1.807, 2.05) is 19.9 Å². The molecule has 1 aliphatic heterocycles. The van der Waals surface area contributed by atoms with Gasteiger partial charge in [0.05, 0.1) is 24.3 Å². The summed E-state index contributed by atoms with van der Waals surface area (Å²) in [6.45, 7) is 4.95. The molecule has 1 fully saturated rings. The van der Waals surface area contributed by atoms with Crippen molar-refractivity contribution in [2.24, 2.45) is 0 Å². The predicted molar refractivity (Wildman–Crippen MR) is 73.2 cm³/mol. The summed E-state index contributed by atoms with van der Waals surface area (Å²) in [6, 6.07) is 8.99. The quantitative estimate of drug-likeness (QED) is 0.839. The third-order valence-corrected chi connectivity index (χ3v) is 3.29. The van der Waals surface area contributed by atoms with Crippen molar-refractivity contribution < 1.29 is 14.3 Å². The maximum Gasteiger partial charge on any atom is 0.260 e. The summed E-state index contributed by atoms with van der Waals surface area (Å²) in [5.41, 5.74) is 0.434. The molecule has 0 bridgehead atoms. The molecule has 1 heterocycles. The van der Waals surface area contributed by atoms with Crippen LogP contribution in [0.15, 0.2) is 24.3 Å². The van der Waals surface area contributed by atoms with Gasteiger partial charge in [-0.3, -0.25) is 4.79 Å². The number of benzene rings is 1. The minimum Gasteiger partial charge on any atom is -0.482 e. The molecular weight excluding hydrogens is 256 g/mol. The number of morpholine rings is 1. The van der Waals surface area contributed by atoms with Gasteiger partial charge in [0.25, 0.3) is 5.91 Å². The van der Waals surface area contributed by atoms with Gasteiger partial charge in [0.2, 0.25) is 0 Å². The lowest BCUT2D eigenvalue weighted by Gasteiger charge is -2.36. The number of rotatable bonds is 3. The van der Waals surface area contributed by atoms with Gasteiger partial charge in [0.15, 0.2) is 6.61 Å². The van der Waals surface area contributed by atoms with Crippen molar-refractivity contribution in [2.45, 2.75) is 26.0 Å². The molecule has 106 valence electrons. The molecule has 5 nitrogen and oxygen atoms in total. The normalized spacial score (nSPS) is 22.1. The van der Waals surface area contributed by atoms with E-state index in [2.05, 4.69) is 0 Å². The molecule has 0 N–H and O–H groups in total. The van der Waals surface area contributed by atoms with Crippen molar-refractivity contribution in [1.29, 1.82) is 5.26 Å². The molecule has 0 spiro atoms. The lowest BCUT2D eigenvalue weighted by Crippen LogP contribution is -2.51. The van der Waals surface area contributed by atoms with E-state index in [0.29, 0.717) is 24.5 Å². The zero-order valence-corrected chi connectivity index (χ0v) is 11.7. The second kappa shape index (κ2) is 6.40. The Balaban J connectivity index is 1.96. The topological polar surface area (TPSA) is 62.6 Å².